The number of anilines is 1. The second-order valence-corrected chi connectivity index (χ2v) is 9.11. The monoisotopic (exact) mass is 383 g/mol. The van der Waals surface area contributed by atoms with Crippen LogP contribution in [0.25, 0.3) is 10.8 Å². The highest BCUT2D eigenvalue weighted by atomic mass is 32.2. The lowest BCUT2D eigenvalue weighted by molar-refractivity contribution is 0.0698. The number of nitrogens with one attached hydrogen (secondary N) is 1. The topological polar surface area (TPSA) is 83.5 Å². The zero-order valence-electron chi connectivity index (χ0n) is 15.4. The number of rotatable bonds is 4. The third-order valence-corrected chi connectivity index (χ3v) is 5.77. The largest absolute Gasteiger partial charge is 0.478 e. The Morgan fingerprint density at radius 2 is 1.48 bits per heavy atom. The van der Waals surface area contributed by atoms with Crippen LogP contribution in [0.1, 0.15) is 36.7 Å². The summed E-state index contributed by atoms with van der Waals surface area (Å²) in [5.74, 6) is -1.19. The molecule has 0 aliphatic heterocycles. The molecule has 140 valence electrons. The number of carboxylic acid groups (broad SMARTS) is 1. The van der Waals surface area contributed by atoms with Crippen molar-refractivity contribution >= 4 is 32.5 Å². The van der Waals surface area contributed by atoms with Gasteiger partial charge < -0.3 is 5.11 Å². The molecule has 27 heavy (non-hydrogen) atoms. The van der Waals surface area contributed by atoms with E-state index in [9.17, 15) is 18.3 Å². The zero-order valence-corrected chi connectivity index (χ0v) is 16.2. The number of carbonyl (C=O) groups is 1. The van der Waals surface area contributed by atoms with E-state index in [1.54, 1.807) is 36.4 Å². The second kappa shape index (κ2) is 6.70. The minimum atomic E-state index is -3.91. The summed E-state index contributed by atoms with van der Waals surface area (Å²) in [6, 6.07) is 16.8. The molecule has 0 aliphatic carbocycles. The Balaban J connectivity index is 2.02. The minimum Gasteiger partial charge on any atom is -0.478 e. The summed E-state index contributed by atoms with van der Waals surface area (Å²) < 4.78 is 28.0. The molecule has 6 heteroatoms. The lowest BCUT2D eigenvalue weighted by Crippen LogP contribution is -2.16. The fourth-order valence-corrected chi connectivity index (χ4v) is 3.91. The van der Waals surface area contributed by atoms with Crippen LogP contribution < -0.4 is 4.72 Å². The van der Waals surface area contributed by atoms with E-state index >= 15 is 0 Å². The standard InChI is InChI=1S/C21H21NO4S/c1-21(2,3)16-8-10-17(11-9-16)27(25,26)22-19-13-15-7-5-4-6-14(15)12-18(19)20(23)24/h4-13,22H,1-3H3,(H,23,24). The Bertz CT molecular complexity index is 1110. The van der Waals surface area contributed by atoms with Gasteiger partial charge in [-0.15, -0.1) is 0 Å². The summed E-state index contributed by atoms with van der Waals surface area (Å²) in [5, 5.41) is 11.0. The average molecular weight is 383 g/mol. The van der Waals surface area contributed by atoms with Crippen molar-refractivity contribution in [3.63, 3.8) is 0 Å². The van der Waals surface area contributed by atoms with Gasteiger partial charge in [-0.05, 0) is 46.0 Å². The van der Waals surface area contributed by atoms with Gasteiger partial charge in [-0.1, -0.05) is 57.2 Å². The zero-order chi connectivity index (χ0) is 19.8. The molecule has 3 aromatic rings. The van der Waals surface area contributed by atoms with Crippen molar-refractivity contribution in [3.8, 4) is 0 Å². The van der Waals surface area contributed by atoms with Crippen molar-refractivity contribution in [1.82, 2.24) is 0 Å². The first kappa shape index (κ1) is 18.9. The summed E-state index contributed by atoms with van der Waals surface area (Å²) in [6.07, 6.45) is 0. The number of fused-ring (bicyclic) bond motifs is 1. The van der Waals surface area contributed by atoms with E-state index in [-0.39, 0.29) is 21.6 Å². The molecule has 0 heterocycles. The molecule has 5 nitrogen and oxygen atoms in total. The van der Waals surface area contributed by atoms with Gasteiger partial charge in [0.25, 0.3) is 10.0 Å². The van der Waals surface area contributed by atoms with Gasteiger partial charge in [-0.3, -0.25) is 4.72 Å². The van der Waals surface area contributed by atoms with E-state index in [1.807, 2.05) is 26.8 Å². The van der Waals surface area contributed by atoms with Gasteiger partial charge in [0.1, 0.15) is 0 Å². The minimum absolute atomic E-state index is 0.0427. The maximum Gasteiger partial charge on any atom is 0.337 e. The summed E-state index contributed by atoms with van der Waals surface area (Å²) in [7, 11) is -3.91. The van der Waals surface area contributed by atoms with Crippen LogP contribution in [0.15, 0.2) is 65.6 Å². The van der Waals surface area contributed by atoms with E-state index in [0.29, 0.717) is 0 Å². The van der Waals surface area contributed by atoms with E-state index in [1.165, 1.54) is 18.2 Å². The van der Waals surface area contributed by atoms with Crippen molar-refractivity contribution in [3.05, 3.63) is 71.8 Å². The molecule has 3 aromatic carbocycles. The van der Waals surface area contributed by atoms with Crippen LogP contribution in [-0.2, 0) is 15.4 Å². The summed E-state index contributed by atoms with van der Waals surface area (Å²) in [4.78, 5) is 11.7. The Kier molecular flexibility index (Phi) is 4.70. The van der Waals surface area contributed by atoms with Crippen LogP contribution in [0, 0.1) is 0 Å². The molecule has 0 radical (unpaired) electrons. The Hall–Kier alpha value is -2.86. The molecule has 0 amide bonds. The van der Waals surface area contributed by atoms with Crippen molar-refractivity contribution < 1.29 is 18.3 Å². The molecule has 0 spiro atoms. The van der Waals surface area contributed by atoms with Crippen LogP contribution in [-0.4, -0.2) is 19.5 Å². The van der Waals surface area contributed by atoms with Crippen LogP contribution >= 0.6 is 0 Å². The average Bonchev–Trinajstić information content (AvgIpc) is 2.60. The normalized spacial score (nSPS) is 12.1. The van der Waals surface area contributed by atoms with Gasteiger partial charge in [-0.25, -0.2) is 13.2 Å². The Labute approximate surface area is 158 Å². The second-order valence-electron chi connectivity index (χ2n) is 7.43. The maximum atomic E-state index is 12.8. The van der Waals surface area contributed by atoms with Crippen molar-refractivity contribution in [2.24, 2.45) is 0 Å². The number of carboxylic acids is 1. The predicted molar refractivity (Wildman–Crippen MR) is 107 cm³/mol. The van der Waals surface area contributed by atoms with Crippen molar-refractivity contribution in [2.75, 3.05) is 4.72 Å². The molecule has 0 saturated heterocycles. The van der Waals surface area contributed by atoms with Crippen LogP contribution in [0.4, 0.5) is 5.69 Å². The predicted octanol–water partition coefficient (Wildman–Crippen LogP) is 4.64. The van der Waals surface area contributed by atoms with Gasteiger partial charge in [0, 0.05) is 0 Å². The molecular weight excluding hydrogens is 362 g/mol. The van der Waals surface area contributed by atoms with Gasteiger partial charge in [0.15, 0.2) is 0 Å². The summed E-state index contributed by atoms with van der Waals surface area (Å²) in [5.41, 5.74) is 0.868. The number of hydrogen-bond acceptors (Lipinski definition) is 3. The van der Waals surface area contributed by atoms with Crippen LogP contribution in [0.5, 0.6) is 0 Å². The molecular formula is C21H21NO4S. The van der Waals surface area contributed by atoms with Gasteiger partial charge >= 0.3 is 5.97 Å². The highest BCUT2D eigenvalue weighted by molar-refractivity contribution is 7.92. The molecule has 0 aliphatic rings. The molecule has 0 saturated carbocycles. The molecule has 0 unspecified atom stereocenters. The van der Waals surface area contributed by atoms with Crippen molar-refractivity contribution in [1.29, 1.82) is 0 Å². The maximum absolute atomic E-state index is 12.8. The van der Waals surface area contributed by atoms with E-state index in [4.69, 9.17) is 0 Å². The SMILES string of the molecule is CC(C)(C)c1ccc(S(=O)(=O)Nc2cc3ccccc3cc2C(=O)O)cc1. The summed E-state index contributed by atoms with van der Waals surface area (Å²) in [6.45, 7) is 6.13. The highest BCUT2D eigenvalue weighted by Crippen LogP contribution is 2.28. The first-order chi connectivity index (χ1) is 12.6. The Morgan fingerprint density at radius 3 is 2.00 bits per heavy atom. The lowest BCUT2D eigenvalue weighted by atomic mass is 9.87. The molecule has 0 atom stereocenters. The molecule has 0 bridgehead atoms. The first-order valence-electron chi connectivity index (χ1n) is 8.47. The Morgan fingerprint density at radius 1 is 0.926 bits per heavy atom. The number of hydrogen-bond donors (Lipinski definition) is 2. The quantitative estimate of drug-likeness (QED) is 0.688. The molecule has 2 N–H and O–H groups in total. The third kappa shape index (κ3) is 3.95. The van der Waals surface area contributed by atoms with Crippen LogP contribution in [0.3, 0.4) is 0 Å². The van der Waals surface area contributed by atoms with Gasteiger partial charge in [0.05, 0.1) is 16.1 Å². The molecule has 0 fully saturated rings. The van der Waals surface area contributed by atoms with Crippen LogP contribution in [0.2, 0.25) is 0 Å². The summed E-state index contributed by atoms with van der Waals surface area (Å²) >= 11 is 0. The van der Waals surface area contributed by atoms with Gasteiger partial charge in [-0.2, -0.15) is 0 Å². The fraction of sp³-hybridized carbons (Fsp3) is 0.190. The first-order valence-corrected chi connectivity index (χ1v) is 9.96. The van der Waals surface area contributed by atoms with E-state index in [0.717, 1.165) is 16.3 Å². The third-order valence-electron chi connectivity index (χ3n) is 4.39. The van der Waals surface area contributed by atoms with Gasteiger partial charge in [0.2, 0.25) is 0 Å². The van der Waals surface area contributed by atoms with E-state index in [2.05, 4.69) is 4.72 Å². The number of sulfonamides is 1. The molecule has 0 aromatic heterocycles. The lowest BCUT2D eigenvalue weighted by Gasteiger charge is -2.19. The molecule has 3 rings (SSSR count). The number of aromatic carboxylic acids is 1. The highest BCUT2D eigenvalue weighted by Gasteiger charge is 2.21. The van der Waals surface area contributed by atoms with Crippen molar-refractivity contribution in [2.45, 2.75) is 31.1 Å². The number of benzene rings is 3. The van der Waals surface area contributed by atoms with E-state index < -0.39 is 16.0 Å². The smallest absolute Gasteiger partial charge is 0.337 e. The fourth-order valence-electron chi connectivity index (χ4n) is 2.84.